The second kappa shape index (κ2) is 2.72. The van der Waals surface area contributed by atoms with E-state index in [1.165, 1.54) is 0 Å². The second-order valence-corrected chi connectivity index (χ2v) is 3.47. The third-order valence-electron chi connectivity index (χ3n) is 2.57. The van der Waals surface area contributed by atoms with Crippen LogP contribution in [0.25, 0.3) is 0 Å². The van der Waals surface area contributed by atoms with E-state index in [9.17, 15) is 4.79 Å². The summed E-state index contributed by atoms with van der Waals surface area (Å²) >= 11 is 0. The standard InChI is InChI=1S/C10H9NO3/c12-10-8-3-7-5-13-14-9(7)4-6(8)1-2-11-10/h3-4H,1-2,5H2,(H,11,12). The molecule has 2 aliphatic rings. The molecule has 1 aromatic rings. The number of nitrogens with one attached hydrogen (secondary N) is 1. The van der Waals surface area contributed by atoms with Gasteiger partial charge in [0.1, 0.15) is 6.61 Å². The zero-order chi connectivity index (χ0) is 9.54. The molecule has 2 aliphatic heterocycles. The maximum atomic E-state index is 11.5. The van der Waals surface area contributed by atoms with Crippen LogP contribution < -0.4 is 10.2 Å². The first-order chi connectivity index (χ1) is 6.84. The highest BCUT2D eigenvalue weighted by molar-refractivity contribution is 5.97. The number of amides is 1. The first kappa shape index (κ1) is 7.82. The van der Waals surface area contributed by atoms with Gasteiger partial charge in [0.25, 0.3) is 5.91 Å². The smallest absolute Gasteiger partial charge is 0.251 e. The van der Waals surface area contributed by atoms with Crippen molar-refractivity contribution in [2.75, 3.05) is 6.54 Å². The molecule has 1 amide bonds. The van der Waals surface area contributed by atoms with Crippen molar-refractivity contribution in [3.8, 4) is 5.75 Å². The van der Waals surface area contributed by atoms with Gasteiger partial charge in [0.15, 0.2) is 5.75 Å². The molecule has 0 fully saturated rings. The summed E-state index contributed by atoms with van der Waals surface area (Å²) in [6.07, 6.45) is 0.859. The van der Waals surface area contributed by atoms with Gasteiger partial charge in [-0.15, -0.1) is 0 Å². The van der Waals surface area contributed by atoms with E-state index in [0.717, 1.165) is 28.9 Å². The average Bonchev–Trinajstić information content (AvgIpc) is 2.62. The van der Waals surface area contributed by atoms with Gasteiger partial charge in [-0.1, -0.05) is 0 Å². The molecule has 4 heteroatoms. The first-order valence-electron chi connectivity index (χ1n) is 4.58. The molecule has 0 spiro atoms. The normalized spacial score (nSPS) is 18.1. The van der Waals surface area contributed by atoms with Crippen molar-refractivity contribution in [3.63, 3.8) is 0 Å². The van der Waals surface area contributed by atoms with Gasteiger partial charge >= 0.3 is 0 Å². The molecule has 2 heterocycles. The predicted octanol–water partition coefficient (Wildman–Crippen LogP) is 0.796. The van der Waals surface area contributed by atoms with E-state index in [-0.39, 0.29) is 5.91 Å². The van der Waals surface area contributed by atoms with Crippen LogP contribution in [-0.4, -0.2) is 12.5 Å². The van der Waals surface area contributed by atoms with E-state index >= 15 is 0 Å². The summed E-state index contributed by atoms with van der Waals surface area (Å²) in [4.78, 5) is 21.3. The molecule has 3 rings (SSSR count). The van der Waals surface area contributed by atoms with Gasteiger partial charge in [-0.25, -0.2) is 0 Å². The lowest BCUT2D eigenvalue weighted by atomic mass is 9.97. The van der Waals surface area contributed by atoms with Gasteiger partial charge < -0.3 is 10.2 Å². The van der Waals surface area contributed by atoms with Crippen LogP contribution in [0.1, 0.15) is 21.5 Å². The van der Waals surface area contributed by atoms with Gasteiger partial charge in [-0.3, -0.25) is 4.79 Å². The highest BCUT2D eigenvalue weighted by Gasteiger charge is 2.22. The first-order valence-corrected chi connectivity index (χ1v) is 4.58. The van der Waals surface area contributed by atoms with E-state index < -0.39 is 0 Å². The SMILES string of the molecule is O=C1NCCc2cc3c(cc21)COO3. The van der Waals surface area contributed by atoms with Crippen LogP contribution in [0.4, 0.5) is 0 Å². The van der Waals surface area contributed by atoms with Crippen LogP contribution in [0, 0.1) is 0 Å². The van der Waals surface area contributed by atoms with Gasteiger partial charge in [0.2, 0.25) is 0 Å². The Bertz CT molecular complexity index is 414. The fourth-order valence-corrected chi connectivity index (χ4v) is 1.84. The van der Waals surface area contributed by atoms with Crippen molar-refractivity contribution in [2.24, 2.45) is 0 Å². The third-order valence-corrected chi connectivity index (χ3v) is 2.57. The van der Waals surface area contributed by atoms with Crippen molar-refractivity contribution in [3.05, 3.63) is 28.8 Å². The van der Waals surface area contributed by atoms with Gasteiger partial charge in [-0.05, 0) is 24.1 Å². The van der Waals surface area contributed by atoms with Gasteiger partial charge in [0.05, 0.1) is 0 Å². The topological polar surface area (TPSA) is 47.6 Å². The Kier molecular flexibility index (Phi) is 1.52. The van der Waals surface area contributed by atoms with Crippen LogP contribution in [0.3, 0.4) is 0 Å². The Hall–Kier alpha value is -1.55. The van der Waals surface area contributed by atoms with Crippen molar-refractivity contribution in [2.45, 2.75) is 13.0 Å². The molecule has 0 radical (unpaired) electrons. The summed E-state index contributed by atoms with van der Waals surface area (Å²) in [6.45, 7) is 1.13. The molecule has 0 unspecified atom stereocenters. The minimum absolute atomic E-state index is 0.000880. The lowest BCUT2D eigenvalue weighted by molar-refractivity contribution is -0.194. The Morgan fingerprint density at radius 1 is 1.29 bits per heavy atom. The Morgan fingerprint density at radius 2 is 2.21 bits per heavy atom. The lowest BCUT2D eigenvalue weighted by Crippen LogP contribution is -2.31. The Morgan fingerprint density at radius 3 is 3.14 bits per heavy atom. The molecular weight excluding hydrogens is 182 g/mol. The van der Waals surface area contributed by atoms with Crippen molar-refractivity contribution < 1.29 is 14.6 Å². The second-order valence-electron chi connectivity index (χ2n) is 3.47. The molecule has 0 aromatic heterocycles. The molecule has 4 nitrogen and oxygen atoms in total. The van der Waals surface area contributed by atoms with Gasteiger partial charge in [0, 0.05) is 17.7 Å². The lowest BCUT2D eigenvalue weighted by Gasteiger charge is -2.16. The maximum Gasteiger partial charge on any atom is 0.251 e. The highest BCUT2D eigenvalue weighted by atomic mass is 17.2. The quantitative estimate of drug-likeness (QED) is 0.617. The molecule has 0 aliphatic carbocycles. The number of hydrogen-bond acceptors (Lipinski definition) is 3. The van der Waals surface area contributed by atoms with E-state index in [1.807, 2.05) is 12.1 Å². The number of rotatable bonds is 0. The van der Waals surface area contributed by atoms with E-state index in [0.29, 0.717) is 13.2 Å². The van der Waals surface area contributed by atoms with Crippen LogP contribution >= 0.6 is 0 Å². The van der Waals surface area contributed by atoms with Gasteiger partial charge in [-0.2, -0.15) is 4.89 Å². The van der Waals surface area contributed by atoms with Crippen molar-refractivity contribution >= 4 is 5.91 Å². The minimum atomic E-state index is 0.000880. The minimum Gasteiger partial charge on any atom is -0.352 e. The molecule has 0 atom stereocenters. The summed E-state index contributed by atoms with van der Waals surface area (Å²) < 4.78 is 0. The maximum absolute atomic E-state index is 11.5. The van der Waals surface area contributed by atoms with E-state index in [2.05, 4.69) is 5.32 Å². The summed E-state index contributed by atoms with van der Waals surface area (Å²) in [5.41, 5.74) is 2.74. The predicted molar refractivity (Wildman–Crippen MR) is 47.9 cm³/mol. The zero-order valence-corrected chi connectivity index (χ0v) is 7.50. The molecule has 72 valence electrons. The molecular formula is C10H9NO3. The summed E-state index contributed by atoms with van der Waals surface area (Å²) in [5, 5.41) is 2.81. The molecule has 0 saturated heterocycles. The van der Waals surface area contributed by atoms with Crippen LogP contribution in [0.5, 0.6) is 5.75 Å². The third kappa shape index (κ3) is 1.01. The largest absolute Gasteiger partial charge is 0.352 e. The average molecular weight is 191 g/mol. The van der Waals surface area contributed by atoms with E-state index in [1.54, 1.807) is 0 Å². The number of fused-ring (bicyclic) bond motifs is 2. The fourth-order valence-electron chi connectivity index (χ4n) is 1.84. The van der Waals surface area contributed by atoms with Crippen LogP contribution in [0.15, 0.2) is 12.1 Å². The molecule has 1 aromatic carbocycles. The monoisotopic (exact) mass is 191 g/mol. The Labute approximate surface area is 80.7 Å². The summed E-state index contributed by atoms with van der Waals surface area (Å²) in [6, 6.07) is 3.75. The number of carbonyl (C=O) groups excluding carboxylic acids is 1. The molecule has 0 bridgehead atoms. The number of carbonyl (C=O) groups is 1. The van der Waals surface area contributed by atoms with Crippen molar-refractivity contribution in [1.82, 2.24) is 5.32 Å². The van der Waals surface area contributed by atoms with Crippen LogP contribution in [-0.2, 0) is 17.9 Å². The Balaban J connectivity index is 2.17. The number of benzene rings is 1. The van der Waals surface area contributed by atoms with Crippen LogP contribution in [0.2, 0.25) is 0 Å². The van der Waals surface area contributed by atoms with Crippen molar-refractivity contribution in [1.29, 1.82) is 0 Å². The molecule has 0 saturated carbocycles. The highest BCUT2D eigenvalue weighted by Crippen LogP contribution is 2.30. The van der Waals surface area contributed by atoms with E-state index in [4.69, 9.17) is 9.78 Å². The molecule has 14 heavy (non-hydrogen) atoms. The fraction of sp³-hybridized carbons (Fsp3) is 0.300. The molecule has 1 N–H and O–H groups in total. The zero-order valence-electron chi connectivity index (χ0n) is 7.50. The summed E-state index contributed by atoms with van der Waals surface area (Å²) in [5.74, 6) is 0.749. The summed E-state index contributed by atoms with van der Waals surface area (Å²) in [7, 11) is 0. The number of hydrogen-bond donors (Lipinski definition) is 1.